The van der Waals surface area contributed by atoms with Crippen molar-refractivity contribution in [1.29, 1.82) is 0 Å². The molecule has 1 saturated carbocycles. The first-order valence-electron chi connectivity index (χ1n) is 7.94. The van der Waals surface area contributed by atoms with Crippen LogP contribution < -0.4 is 14.8 Å². The summed E-state index contributed by atoms with van der Waals surface area (Å²) in [4.78, 5) is 2.44. The van der Waals surface area contributed by atoms with E-state index < -0.39 is 0 Å². The Hall–Kier alpha value is -1.26. The van der Waals surface area contributed by atoms with E-state index in [1.807, 2.05) is 0 Å². The third kappa shape index (κ3) is 3.50. The van der Waals surface area contributed by atoms with Crippen molar-refractivity contribution in [3.63, 3.8) is 0 Å². The van der Waals surface area contributed by atoms with Crippen molar-refractivity contribution in [2.75, 3.05) is 27.2 Å². The highest BCUT2D eigenvalue weighted by molar-refractivity contribution is 5.48. The van der Waals surface area contributed by atoms with Crippen LogP contribution in [-0.4, -0.2) is 44.3 Å². The smallest absolute Gasteiger partial charge is 0.123 e. The lowest BCUT2D eigenvalue weighted by Crippen LogP contribution is -2.30. The average Bonchev–Trinajstić information content (AvgIpc) is 3.24. The second-order valence-corrected chi connectivity index (χ2v) is 6.29. The first kappa shape index (κ1) is 14.7. The number of hydrogen-bond acceptors (Lipinski definition) is 4. The van der Waals surface area contributed by atoms with E-state index in [0.717, 1.165) is 43.6 Å². The Balaban J connectivity index is 1.55. The topological polar surface area (TPSA) is 33.7 Å². The molecule has 2 aliphatic rings. The van der Waals surface area contributed by atoms with Crippen LogP contribution in [0.4, 0.5) is 0 Å². The molecule has 1 aromatic carbocycles. The summed E-state index contributed by atoms with van der Waals surface area (Å²) in [6.07, 6.45) is 3.99. The minimum absolute atomic E-state index is 0.278. The third-order valence-electron chi connectivity index (χ3n) is 4.43. The number of nitrogens with zero attached hydrogens (tertiary/aromatic N) is 1. The maximum atomic E-state index is 5.84. The molecule has 1 aliphatic heterocycles. The predicted octanol–water partition coefficient (Wildman–Crippen LogP) is 2.20. The summed E-state index contributed by atoms with van der Waals surface area (Å²) < 4.78 is 11.4. The summed E-state index contributed by atoms with van der Waals surface area (Å²) in [6, 6.07) is 5.10. The largest absolute Gasteiger partial charge is 0.496 e. The Morgan fingerprint density at radius 3 is 2.90 bits per heavy atom. The molecule has 1 unspecified atom stereocenters. The normalized spacial score (nSPS) is 20.5. The minimum Gasteiger partial charge on any atom is -0.496 e. The lowest BCUT2D eigenvalue weighted by Gasteiger charge is -2.16. The van der Waals surface area contributed by atoms with Crippen molar-refractivity contribution in [1.82, 2.24) is 10.2 Å². The second kappa shape index (κ2) is 6.24. The molecule has 1 atom stereocenters. The number of methoxy groups -OCH3 is 1. The molecule has 1 heterocycles. The molecular weight excluding hydrogens is 264 g/mol. The van der Waals surface area contributed by atoms with Crippen LogP contribution in [0, 0.1) is 0 Å². The van der Waals surface area contributed by atoms with Gasteiger partial charge in [-0.1, -0.05) is 0 Å². The number of nitrogens with one attached hydrogen (secondary N) is 1. The Morgan fingerprint density at radius 1 is 1.38 bits per heavy atom. The number of hydrogen-bond donors (Lipinski definition) is 1. The highest BCUT2D eigenvalue weighted by Crippen LogP contribution is 2.34. The van der Waals surface area contributed by atoms with Crippen LogP contribution in [0.2, 0.25) is 0 Å². The van der Waals surface area contributed by atoms with Crippen molar-refractivity contribution in [2.45, 2.75) is 44.9 Å². The van der Waals surface area contributed by atoms with Crippen molar-refractivity contribution in [3.05, 3.63) is 23.3 Å². The molecule has 0 saturated heterocycles. The van der Waals surface area contributed by atoms with E-state index in [9.17, 15) is 0 Å². The lowest BCUT2D eigenvalue weighted by atomic mass is 10.1. The van der Waals surface area contributed by atoms with Gasteiger partial charge < -0.3 is 19.7 Å². The van der Waals surface area contributed by atoms with E-state index in [1.54, 1.807) is 7.11 Å². The van der Waals surface area contributed by atoms with Gasteiger partial charge in [-0.05, 0) is 38.9 Å². The summed E-state index contributed by atoms with van der Waals surface area (Å²) in [6.45, 7) is 5.04. The van der Waals surface area contributed by atoms with Crippen LogP contribution in [0.15, 0.2) is 12.1 Å². The highest BCUT2D eigenvalue weighted by atomic mass is 16.5. The number of fused-ring (bicyclic) bond motifs is 1. The van der Waals surface area contributed by atoms with Gasteiger partial charge in [0, 0.05) is 43.2 Å². The zero-order chi connectivity index (χ0) is 14.8. The molecule has 1 N–H and O–H groups in total. The summed E-state index contributed by atoms with van der Waals surface area (Å²) in [7, 11) is 3.95. The number of likely N-dealkylation sites (N-methyl/N-ethyl adjacent to an activating group) is 1. The molecule has 4 nitrogen and oxygen atoms in total. The van der Waals surface area contributed by atoms with E-state index >= 15 is 0 Å². The van der Waals surface area contributed by atoms with Gasteiger partial charge in [-0.25, -0.2) is 0 Å². The van der Waals surface area contributed by atoms with Crippen LogP contribution >= 0.6 is 0 Å². The van der Waals surface area contributed by atoms with Gasteiger partial charge in [0.15, 0.2) is 0 Å². The monoisotopic (exact) mass is 290 g/mol. The van der Waals surface area contributed by atoms with Gasteiger partial charge in [-0.15, -0.1) is 0 Å². The Bertz CT molecular complexity index is 500. The first-order chi connectivity index (χ1) is 10.2. The van der Waals surface area contributed by atoms with Crippen LogP contribution in [0.3, 0.4) is 0 Å². The Labute approximate surface area is 127 Å². The van der Waals surface area contributed by atoms with E-state index in [-0.39, 0.29) is 6.10 Å². The fraction of sp³-hybridized carbons (Fsp3) is 0.647. The molecule has 1 fully saturated rings. The van der Waals surface area contributed by atoms with E-state index in [0.29, 0.717) is 0 Å². The van der Waals surface area contributed by atoms with Gasteiger partial charge in [0.2, 0.25) is 0 Å². The second-order valence-electron chi connectivity index (χ2n) is 6.29. The molecule has 3 rings (SSSR count). The first-order valence-corrected chi connectivity index (χ1v) is 7.94. The quantitative estimate of drug-likeness (QED) is 0.781. The van der Waals surface area contributed by atoms with Crippen molar-refractivity contribution >= 4 is 0 Å². The average molecular weight is 290 g/mol. The van der Waals surface area contributed by atoms with Gasteiger partial charge >= 0.3 is 0 Å². The molecule has 1 aromatic rings. The molecular formula is C17H26N2O2. The Kier molecular flexibility index (Phi) is 4.36. The number of benzene rings is 1. The molecule has 116 valence electrons. The summed E-state index contributed by atoms with van der Waals surface area (Å²) in [5.74, 6) is 1.99. The summed E-state index contributed by atoms with van der Waals surface area (Å²) >= 11 is 0. The number of ether oxygens (including phenoxy) is 2. The minimum atomic E-state index is 0.278. The standard InChI is InChI=1S/C17H26N2O2/c1-12-8-13-9-16(20-3)14(10-17(13)21-12)11-18-6-7-19(2)15-4-5-15/h9-10,12,15,18H,4-8,11H2,1-3H3. The molecule has 0 radical (unpaired) electrons. The predicted molar refractivity (Wildman–Crippen MR) is 84.1 cm³/mol. The van der Waals surface area contributed by atoms with Gasteiger partial charge in [0.05, 0.1) is 7.11 Å². The van der Waals surface area contributed by atoms with E-state index in [4.69, 9.17) is 9.47 Å². The SMILES string of the molecule is COc1cc2c(cc1CNCCN(C)C1CC1)OC(C)C2. The van der Waals surface area contributed by atoms with E-state index in [1.165, 1.54) is 24.0 Å². The molecule has 0 bridgehead atoms. The van der Waals surface area contributed by atoms with Gasteiger partial charge in [-0.3, -0.25) is 0 Å². The van der Waals surface area contributed by atoms with Crippen LogP contribution in [0.5, 0.6) is 11.5 Å². The third-order valence-corrected chi connectivity index (χ3v) is 4.43. The zero-order valence-electron chi connectivity index (χ0n) is 13.3. The van der Waals surface area contributed by atoms with Crippen molar-refractivity contribution in [3.8, 4) is 11.5 Å². The number of rotatable bonds is 7. The van der Waals surface area contributed by atoms with Gasteiger partial charge in [0.1, 0.15) is 17.6 Å². The maximum Gasteiger partial charge on any atom is 0.123 e. The van der Waals surface area contributed by atoms with Crippen LogP contribution in [0.1, 0.15) is 30.9 Å². The summed E-state index contributed by atoms with van der Waals surface area (Å²) in [5, 5.41) is 3.52. The lowest BCUT2D eigenvalue weighted by molar-refractivity contribution is 0.254. The van der Waals surface area contributed by atoms with E-state index in [2.05, 4.69) is 36.3 Å². The molecule has 4 heteroatoms. The van der Waals surface area contributed by atoms with Crippen LogP contribution in [-0.2, 0) is 13.0 Å². The van der Waals surface area contributed by atoms with Gasteiger partial charge in [-0.2, -0.15) is 0 Å². The molecule has 1 aliphatic carbocycles. The summed E-state index contributed by atoms with van der Waals surface area (Å²) in [5.41, 5.74) is 2.44. The fourth-order valence-electron chi connectivity index (χ4n) is 2.99. The fourth-order valence-corrected chi connectivity index (χ4v) is 2.99. The highest BCUT2D eigenvalue weighted by Gasteiger charge is 2.25. The maximum absolute atomic E-state index is 5.84. The molecule has 0 aromatic heterocycles. The Morgan fingerprint density at radius 2 is 2.19 bits per heavy atom. The van der Waals surface area contributed by atoms with Crippen LogP contribution in [0.25, 0.3) is 0 Å². The molecule has 21 heavy (non-hydrogen) atoms. The van der Waals surface area contributed by atoms with Crippen molar-refractivity contribution in [2.24, 2.45) is 0 Å². The molecule has 0 spiro atoms. The molecule has 0 amide bonds. The van der Waals surface area contributed by atoms with Crippen molar-refractivity contribution < 1.29 is 9.47 Å². The van der Waals surface area contributed by atoms with Gasteiger partial charge in [0.25, 0.3) is 0 Å². The zero-order valence-corrected chi connectivity index (χ0v) is 13.3.